The first-order valence-electron chi connectivity index (χ1n) is 3.80. The van der Waals surface area contributed by atoms with Gasteiger partial charge in [0.2, 0.25) is 6.41 Å². The first kappa shape index (κ1) is 7.67. The number of pyridine rings is 2. The standard InChI is InChI=1S/C9H7N3O/c13-6-12-9-3-7-1-2-10-4-8(7)5-11-9/h1-6H,(H,11,12,13). The molecule has 0 atom stereocenters. The van der Waals surface area contributed by atoms with Crippen LogP contribution in [0.25, 0.3) is 10.8 Å². The van der Waals surface area contributed by atoms with E-state index in [1.807, 2.05) is 6.07 Å². The molecule has 0 saturated heterocycles. The Bertz CT molecular complexity index is 442. The van der Waals surface area contributed by atoms with Gasteiger partial charge in [0.1, 0.15) is 5.82 Å². The van der Waals surface area contributed by atoms with E-state index in [2.05, 4.69) is 15.3 Å². The van der Waals surface area contributed by atoms with E-state index in [1.165, 1.54) is 0 Å². The Balaban J connectivity index is 2.55. The first-order chi connectivity index (χ1) is 6.40. The minimum atomic E-state index is 0.550. The molecule has 2 heterocycles. The Kier molecular flexibility index (Phi) is 1.88. The monoisotopic (exact) mass is 173 g/mol. The molecular formula is C9H7N3O. The molecule has 0 aromatic carbocycles. The Morgan fingerprint density at radius 2 is 2.23 bits per heavy atom. The molecule has 64 valence electrons. The summed E-state index contributed by atoms with van der Waals surface area (Å²) < 4.78 is 0. The van der Waals surface area contributed by atoms with Crippen LogP contribution in [0.2, 0.25) is 0 Å². The molecule has 13 heavy (non-hydrogen) atoms. The van der Waals surface area contributed by atoms with Gasteiger partial charge in [-0.1, -0.05) is 0 Å². The van der Waals surface area contributed by atoms with E-state index in [1.54, 1.807) is 24.7 Å². The zero-order valence-corrected chi connectivity index (χ0v) is 6.77. The fourth-order valence-electron chi connectivity index (χ4n) is 1.12. The van der Waals surface area contributed by atoms with Crippen molar-refractivity contribution in [1.29, 1.82) is 0 Å². The second-order valence-electron chi connectivity index (χ2n) is 2.55. The molecule has 0 aliphatic heterocycles. The molecule has 2 rings (SSSR count). The third kappa shape index (κ3) is 1.46. The number of carbonyl (C=O) groups is 1. The van der Waals surface area contributed by atoms with Crippen LogP contribution in [0.5, 0.6) is 0 Å². The number of nitrogens with one attached hydrogen (secondary N) is 1. The second-order valence-corrected chi connectivity index (χ2v) is 2.55. The van der Waals surface area contributed by atoms with Gasteiger partial charge in [-0.25, -0.2) is 4.98 Å². The maximum atomic E-state index is 10.1. The van der Waals surface area contributed by atoms with Crippen LogP contribution in [0, 0.1) is 0 Å². The molecule has 0 saturated carbocycles. The molecule has 0 aliphatic rings. The summed E-state index contributed by atoms with van der Waals surface area (Å²) in [5.41, 5.74) is 0. The highest BCUT2D eigenvalue weighted by Crippen LogP contribution is 2.13. The van der Waals surface area contributed by atoms with Gasteiger partial charge in [-0.2, -0.15) is 0 Å². The van der Waals surface area contributed by atoms with Crippen LogP contribution in [0.15, 0.2) is 30.7 Å². The quantitative estimate of drug-likeness (QED) is 0.694. The number of hydrogen-bond acceptors (Lipinski definition) is 3. The lowest BCUT2D eigenvalue weighted by Crippen LogP contribution is -1.95. The van der Waals surface area contributed by atoms with Crippen LogP contribution in [0.1, 0.15) is 0 Å². The molecule has 0 radical (unpaired) electrons. The minimum absolute atomic E-state index is 0.550. The second kappa shape index (κ2) is 3.18. The number of hydrogen-bond donors (Lipinski definition) is 1. The Morgan fingerprint density at radius 1 is 1.31 bits per heavy atom. The van der Waals surface area contributed by atoms with Gasteiger partial charge in [0, 0.05) is 24.0 Å². The lowest BCUT2D eigenvalue weighted by Gasteiger charge is -1.99. The van der Waals surface area contributed by atoms with Crippen molar-refractivity contribution < 1.29 is 4.79 Å². The van der Waals surface area contributed by atoms with Gasteiger partial charge in [-0.05, 0) is 17.5 Å². The van der Waals surface area contributed by atoms with E-state index >= 15 is 0 Å². The molecule has 0 fully saturated rings. The van der Waals surface area contributed by atoms with Gasteiger partial charge >= 0.3 is 0 Å². The molecule has 0 unspecified atom stereocenters. The van der Waals surface area contributed by atoms with Crippen molar-refractivity contribution in [3.8, 4) is 0 Å². The third-order valence-electron chi connectivity index (χ3n) is 1.73. The smallest absolute Gasteiger partial charge is 0.212 e. The Morgan fingerprint density at radius 3 is 3.08 bits per heavy atom. The molecule has 2 aromatic rings. The third-order valence-corrected chi connectivity index (χ3v) is 1.73. The zero-order valence-electron chi connectivity index (χ0n) is 6.77. The van der Waals surface area contributed by atoms with Crippen LogP contribution in [-0.4, -0.2) is 16.4 Å². The van der Waals surface area contributed by atoms with E-state index < -0.39 is 0 Å². The minimum Gasteiger partial charge on any atom is -0.313 e. The molecule has 0 aliphatic carbocycles. The number of anilines is 1. The maximum absolute atomic E-state index is 10.1. The van der Waals surface area contributed by atoms with Gasteiger partial charge in [0.25, 0.3) is 0 Å². The van der Waals surface area contributed by atoms with E-state index in [-0.39, 0.29) is 0 Å². The number of nitrogens with zero attached hydrogens (tertiary/aromatic N) is 2. The molecule has 4 nitrogen and oxygen atoms in total. The largest absolute Gasteiger partial charge is 0.313 e. The average molecular weight is 173 g/mol. The molecule has 1 amide bonds. The van der Waals surface area contributed by atoms with E-state index in [0.717, 1.165) is 10.8 Å². The lowest BCUT2D eigenvalue weighted by atomic mass is 10.2. The van der Waals surface area contributed by atoms with E-state index in [9.17, 15) is 4.79 Å². The Labute approximate surface area is 74.6 Å². The number of aromatic nitrogens is 2. The number of rotatable bonds is 2. The molecule has 0 spiro atoms. The van der Waals surface area contributed by atoms with Crippen molar-refractivity contribution in [2.45, 2.75) is 0 Å². The number of amides is 1. The lowest BCUT2D eigenvalue weighted by molar-refractivity contribution is -0.105. The highest BCUT2D eigenvalue weighted by Gasteiger charge is 1.95. The first-order valence-corrected chi connectivity index (χ1v) is 3.80. The van der Waals surface area contributed by atoms with E-state index in [0.29, 0.717) is 12.2 Å². The summed E-state index contributed by atoms with van der Waals surface area (Å²) in [4.78, 5) is 18.1. The van der Waals surface area contributed by atoms with Crippen molar-refractivity contribution >= 4 is 23.0 Å². The van der Waals surface area contributed by atoms with Crippen LogP contribution in [-0.2, 0) is 4.79 Å². The highest BCUT2D eigenvalue weighted by molar-refractivity contribution is 5.84. The van der Waals surface area contributed by atoms with E-state index in [4.69, 9.17) is 0 Å². The van der Waals surface area contributed by atoms with Crippen LogP contribution >= 0.6 is 0 Å². The van der Waals surface area contributed by atoms with Gasteiger partial charge in [0.15, 0.2) is 0 Å². The average Bonchev–Trinajstić information content (AvgIpc) is 2.18. The summed E-state index contributed by atoms with van der Waals surface area (Å²) in [6.45, 7) is 0. The van der Waals surface area contributed by atoms with Crippen molar-refractivity contribution in [2.75, 3.05) is 5.32 Å². The van der Waals surface area contributed by atoms with Crippen molar-refractivity contribution in [1.82, 2.24) is 9.97 Å². The van der Waals surface area contributed by atoms with Crippen molar-refractivity contribution in [3.63, 3.8) is 0 Å². The van der Waals surface area contributed by atoms with Gasteiger partial charge in [-0.3, -0.25) is 9.78 Å². The van der Waals surface area contributed by atoms with Gasteiger partial charge < -0.3 is 5.32 Å². The van der Waals surface area contributed by atoms with Gasteiger partial charge in [0.05, 0.1) is 0 Å². The number of fused-ring (bicyclic) bond motifs is 1. The predicted octanol–water partition coefficient (Wildman–Crippen LogP) is 1.20. The molecule has 2 aromatic heterocycles. The summed E-state index contributed by atoms with van der Waals surface area (Å²) in [6.07, 6.45) is 5.71. The van der Waals surface area contributed by atoms with Crippen molar-refractivity contribution in [2.24, 2.45) is 0 Å². The predicted molar refractivity (Wildman–Crippen MR) is 49.2 cm³/mol. The molecule has 0 bridgehead atoms. The summed E-state index contributed by atoms with van der Waals surface area (Å²) in [5, 5.41) is 4.45. The maximum Gasteiger partial charge on any atom is 0.212 e. The normalized spacial score (nSPS) is 9.85. The Hall–Kier alpha value is -1.97. The fourth-order valence-corrected chi connectivity index (χ4v) is 1.12. The topological polar surface area (TPSA) is 54.9 Å². The van der Waals surface area contributed by atoms with Crippen LogP contribution in [0.4, 0.5) is 5.82 Å². The summed E-state index contributed by atoms with van der Waals surface area (Å²) in [5.74, 6) is 0.550. The molecular weight excluding hydrogens is 166 g/mol. The van der Waals surface area contributed by atoms with Gasteiger partial charge in [-0.15, -0.1) is 0 Å². The van der Waals surface area contributed by atoms with Crippen LogP contribution < -0.4 is 5.32 Å². The molecule has 1 N–H and O–H groups in total. The summed E-state index contributed by atoms with van der Waals surface area (Å²) in [7, 11) is 0. The fraction of sp³-hybridized carbons (Fsp3) is 0. The summed E-state index contributed by atoms with van der Waals surface area (Å²) >= 11 is 0. The number of carbonyl (C=O) groups excluding carboxylic acids is 1. The highest BCUT2D eigenvalue weighted by atomic mass is 16.1. The zero-order chi connectivity index (χ0) is 9.10. The summed E-state index contributed by atoms with van der Waals surface area (Å²) in [6, 6.07) is 3.67. The van der Waals surface area contributed by atoms with Crippen LogP contribution in [0.3, 0.4) is 0 Å². The SMILES string of the molecule is O=CNc1cc2ccncc2cn1. The molecule has 4 heteroatoms. The van der Waals surface area contributed by atoms with Crippen molar-refractivity contribution in [3.05, 3.63) is 30.7 Å².